The van der Waals surface area contributed by atoms with E-state index >= 15 is 0 Å². The lowest BCUT2D eigenvalue weighted by atomic mass is 10.0. The number of hydrogen-bond donors (Lipinski definition) is 19. The van der Waals surface area contributed by atoms with Gasteiger partial charge in [0, 0.05) is 19.5 Å². The monoisotopic (exact) mass is 1120 g/mol. The summed E-state index contributed by atoms with van der Waals surface area (Å²) in [5.41, 5.74) is 33.6. The molecule has 0 spiro atoms. The van der Waals surface area contributed by atoms with Crippen molar-refractivity contribution in [2.24, 2.45) is 50.3 Å². The molecule has 9 atom stereocenters. The van der Waals surface area contributed by atoms with E-state index in [1.807, 2.05) is 5.32 Å². The van der Waals surface area contributed by atoms with Gasteiger partial charge in [-0.15, -0.1) is 0 Å². The van der Waals surface area contributed by atoms with Gasteiger partial charge < -0.3 is 102 Å². The molecule has 0 saturated heterocycles. The van der Waals surface area contributed by atoms with Crippen LogP contribution in [0.1, 0.15) is 84.1 Å². The van der Waals surface area contributed by atoms with Gasteiger partial charge in [0.2, 0.25) is 53.2 Å². The second kappa shape index (κ2) is 34.7. The lowest BCUT2D eigenvalue weighted by Gasteiger charge is -2.27. The number of hydrogen-bond acceptors (Lipinski definition) is 17. The molecule has 1 aromatic rings. The number of aliphatic carboxylic acids is 3. The van der Waals surface area contributed by atoms with E-state index in [1.54, 1.807) is 13.8 Å². The smallest absolute Gasteiger partial charge is 0.326 e. The number of amides is 9. The SMILES string of the molecule is CC(C)CC(NC(=O)C(N)Cc1ccc(O)cc1)C(=O)NC(CC(=O)O)C(=O)NC(CO)C(=O)NC(CCCN=C(N)N)C(=O)NC(CCCN=C(N)N)C(=O)NC(C)C(=O)NC(CCC(N)=O)C(=O)NC(CC(=O)O)C(=O)O. The first-order chi connectivity index (χ1) is 36.9. The summed E-state index contributed by atoms with van der Waals surface area (Å²) in [6.07, 6.45) is -3.69. The Bertz CT molecular complexity index is 2360. The molecular formula is C46H74N16O17. The van der Waals surface area contributed by atoms with E-state index < -0.39 is 158 Å². The molecule has 9 unspecified atom stereocenters. The summed E-state index contributed by atoms with van der Waals surface area (Å²) in [4.78, 5) is 163. The fraction of sp³-hybridized carbons (Fsp3) is 0.565. The summed E-state index contributed by atoms with van der Waals surface area (Å²) < 4.78 is 0. The van der Waals surface area contributed by atoms with E-state index in [4.69, 9.17) is 39.5 Å². The number of rotatable bonds is 37. The maximum atomic E-state index is 14.1. The van der Waals surface area contributed by atoms with Crippen LogP contribution in [-0.2, 0) is 64.0 Å². The number of aliphatic hydroxyl groups excluding tert-OH is 1. The molecule has 440 valence electrons. The normalized spacial score (nSPS) is 14.3. The highest BCUT2D eigenvalue weighted by molar-refractivity contribution is 5.99. The third-order valence-corrected chi connectivity index (χ3v) is 11.1. The van der Waals surface area contributed by atoms with Crippen LogP contribution in [0.5, 0.6) is 5.75 Å². The van der Waals surface area contributed by atoms with Crippen LogP contribution in [0.2, 0.25) is 0 Å². The van der Waals surface area contributed by atoms with Crippen LogP contribution in [0, 0.1) is 5.92 Å². The minimum absolute atomic E-state index is 0.000616. The molecule has 0 radical (unpaired) electrons. The molecule has 33 nitrogen and oxygen atoms in total. The molecule has 33 heteroatoms. The number of nitrogens with two attached hydrogens (primary N) is 6. The zero-order valence-electron chi connectivity index (χ0n) is 43.8. The number of aromatic hydroxyl groups is 1. The lowest BCUT2D eigenvalue weighted by Crippen LogP contribution is -2.61. The van der Waals surface area contributed by atoms with Crippen LogP contribution in [0.15, 0.2) is 34.3 Å². The Balaban J connectivity index is 3.44. The van der Waals surface area contributed by atoms with Crippen molar-refractivity contribution in [2.75, 3.05) is 19.7 Å². The van der Waals surface area contributed by atoms with E-state index in [-0.39, 0.29) is 75.2 Å². The molecule has 9 amide bonds. The summed E-state index contributed by atoms with van der Waals surface area (Å²) in [6.45, 7) is 3.21. The van der Waals surface area contributed by atoms with Gasteiger partial charge in [0.05, 0.1) is 25.5 Å². The minimum Gasteiger partial charge on any atom is -0.508 e. The van der Waals surface area contributed by atoms with Crippen molar-refractivity contribution in [3.05, 3.63) is 29.8 Å². The fourth-order valence-corrected chi connectivity index (χ4v) is 7.05. The van der Waals surface area contributed by atoms with Gasteiger partial charge >= 0.3 is 17.9 Å². The molecule has 1 aromatic carbocycles. The topological polar surface area (TPSA) is 583 Å². The Kier molecular flexibility index (Phi) is 29.9. The van der Waals surface area contributed by atoms with Crippen LogP contribution in [-0.4, -0.2) is 183 Å². The van der Waals surface area contributed by atoms with Crippen molar-refractivity contribution in [1.82, 2.24) is 42.5 Å². The number of nitrogens with one attached hydrogen (secondary N) is 8. The predicted octanol–water partition coefficient (Wildman–Crippen LogP) is -7.39. The summed E-state index contributed by atoms with van der Waals surface area (Å²) >= 11 is 0. The fourth-order valence-electron chi connectivity index (χ4n) is 7.05. The lowest BCUT2D eigenvalue weighted by molar-refractivity contribution is -0.147. The number of guanidine groups is 2. The van der Waals surface area contributed by atoms with Crippen LogP contribution in [0.3, 0.4) is 0 Å². The number of carboxylic acids is 3. The highest BCUT2D eigenvalue weighted by Crippen LogP contribution is 2.13. The summed E-state index contributed by atoms with van der Waals surface area (Å²) in [6, 6.07) is -8.92. The van der Waals surface area contributed by atoms with Gasteiger partial charge in [-0.2, -0.15) is 0 Å². The first-order valence-electron chi connectivity index (χ1n) is 24.6. The van der Waals surface area contributed by atoms with Crippen molar-refractivity contribution >= 4 is 83.0 Å². The highest BCUT2D eigenvalue weighted by atomic mass is 16.4. The zero-order valence-corrected chi connectivity index (χ0v) is 43.8. The van der Waals surface area contributed by atoms with E-state index in [1.165, 1.54) is 24.3 Å². The maximum absolute atomic E-state index is 14.1. The van der Waals surface area contributed by atoms with Gasteiger partial charge in [-0.25, -0.2) is 4.79 Å². The summed E-state index contributed by atoms with van der Waals surface area (Å²) in [5, 5.41) is 66.3. The number of benzene rings is 1. The largest absolute Gasteiger partial charge is 0.508 e. The standard InChI is InChI=1S/C46H74N16O17/c1-21(2)16-29(59-37(71)25(47)17-23-8-10-24(64)11-9-23)41(75)60-30(18-34(66)67)42(76)62-32(20-63)43(77)58-27(7-5-15-54-46(51)52)39(73)57-26(6-4-14-53-45(49)50)38(72)55-22(3)36(70)56-28(12-13-33(48)65)40(74)61-31(44(78)79)19-35(68)69/h8-11,21-22,25-32,63-64H,4-7,12-20,47H2,1-3H3,(H2,48,65)(H,55,72)(H,56,70)(H,57,73)(H,58,77)(H,59,71)(H,60,75)(H,61,74)(H,62,76)(H,66,67)(H,68,69)(H,78,79)(H4,49,50,53)(H4,51,52,54). The van der Waals surface area contributed by atoms with Gasteiger partial charge in [0.25, 0.3) is 0 Å². The molecular weight excluding hydrogens is 1050 g/mol. The molecule has 0 aliphatic heterocycles. The average Bonchev–Trinajstić information content (AvgIpc) is 3.35. The molecule has 79 heavy (non-hydrogen) atoms. The number of carboxylic acid groups (broad SMARTS) is 3. The van der Waals surface area contributed by atoms with E-state index in [0.717, 1.165) is 6.92 Å². The quantitative estimate of drug-likeness (QED) is 0.0167. The summed E-state index contributed by atoms with van der Waals surface area (Å²) in [5.74, 6) is -15.5. The predicted molar refractivity (Wildman–Crippen MR) is 278 cm³/mol. The Hall–Kier alpha value is -8.88. The molecule has 0 aromatic heterocycles. The second-order valence-electron chi connectivity index (χ2n) is 18.4. The number of primary amides is 1. The van der Waals surface area contributed by atoms with E-state index in [2.05, 4.69) is 47.2 Å². The first-order valence-corrected chi connectivity index (χ1v) is 24.6. The van der Waals surface area contributed by atoms with Crippen molar-refractivity contribution in [1.29, 1.82) is 0 Å². The van der Waals surface area contributed by atoms with Crippen LogP contribution >= 0.6 is 0 Å². The highest BCUT2D eigenvalue weighted by Gasteiger charge is 2.35. The first kappa shape index (κ1) is 68.1. The van der Waals surface area contributed by atoms with Gasteiger partial charge in [-0.1, -0.05) is 26.0 Å². The summed E-state index contributed by atoms with van der Waals surface area (Å²) in [7, 11) is 0. The molecule has 0 saturated carbocycles. The van der Waals surface area contributed by atoms with Gasteiger partial charge in [0.15, 0.2) is 11.9 Å². The van der Waals surface area contributed by atoms with Crippen LogP contribution in [0.4, 0.5) is 0 Å². The van der Waals surface area contributed by atoms with E-state index in [9.17, 15) is 78.0 Å². The van der Waals surface area contributed by atoms with Gasteiger partial charge in [-0.3, -0.25) is 62.7 Å². The Morgan fingerprint density at radius 3 is 1.35 bits per heavy atom. The van der Waals surface area contributed by atoms with Crippen molar-refractivity contribution < 1.29 is 83.1 Å². The number of carbonyl (C=O) groups excluding carboxylic acids is 9. The molecule has 25 N–H and O–H groups in total. The Morgan fingerprint density at radius 1 is 0.506 bits per heavy atom. The van der Waals surface area contributed by atoms with Gasteiger partial charge in [-0.05, 0) is 75.5 Å². The van der Waals surface area contributed by atoms with Crippen molar-refractivity contribution in [2.45, 2.75) is 139 Å². The van der Waals surface area contributed by atoms with Crippen molar-refractivity contribution in [3.63, 3.8) is 0 Å². The molecule has 0 aliphatic carbocycles. The number of phenols is 1. The van der Waals surface area contributed by atoms with Crippen LogP contribution in [0.25, 0.3) is 0 Å². The molecule has 0 aliphatic rings. The zero-order chi connectivity index (χ0) is 60.1. The number of nitrogens with zero attached hydrogens (tertiary/aromatic N) is 2. The maximum Gasteiger partial charge on any atom is 0.326 e. The van der Waals surface area contributed by atoms with E-state index in [0.29, 0.717) is 5.56 Å². The molecule has 0 heterocycles. The third kappa shape index (κ3) is 27.7. The average molecular weight is 1120 g/mol. The van der Waals surface area contributed by atoms with Crippen molar-refractivity contribution in [3.8, 4) is 5.75 Å². The Morgan fingerprint density at radius 2 is 0.899 bits per heavy atom. The molecule has 0 fully saturated rings. The second-order valence-corrected chi connectivity index (χ2v) is 18.4. The Labute approximate surface area is 452 Å². The molecule has 1 rings (SSSR count). The number of aliphatic imine (C=N–C) groups is 2. The minimum atomic E-state index is -1.95. The van der Waals surface area contributed by atoms with Gasteiger partial charge in [0.1, 0.15) is 54.1 Å². The number of aliphatic hydroxyl groups is 1. The number of carbonyl (C=O) groups is 12. The molecule has 0 bridgehead atoms. The number of phenolic OH excluding ortho intramolecular Hbond substituents is 1. The third-order valence-electron chi connectivity index (χ3n) is 11.1. The van der Waals surface area contributed by atoms with Crippen LogP contribution < -0.4 is 76.9 Å².